The summed E-state index contributed by atoms with van der Waals surface area (Å²) < 4.78 is 39.1. The number of methoxy groups -OCH3 is 1. The first-order chi connectivity index (χ1) is 17.0. The van der Waals surface area contributed by atoms with E-state index in [1.165, 1.54) is 19.6 Å². The lowest BCUT2D eigenvalue weighted by Gasteiger charge is -2.32. The van der Waals surface area contributed by atoms with E-state index in [1.807, 2.05) is 12.1 Å². The van der Waals surface area contributed by atoms with Crippen LogP contribution in [0.5, 0.6) is 23.1 Å². The van der Waals surface area contributed by atoms with Crippen LogP contribution in [0.4, 0.5) is 14.7 Å². The van der Waals surface area contributed by atoms with E-state index in [1.54, 1.807) is 6.07 Å². The molecule has 7 nitrogen and oxygen atoms in total. The van der Waals surface area contributed by atoms with Crippen LogP contribution in [0.15, 0.2) is 36.4 Å². The van der Waals surface area contributed by atoms with Gasteiger partial charge in [-0.05, 0) is 37.5 Å². The van der Waals surface area contributed by atoms with Gasteiger partial charge in [-0.2, -0.15) is 4.98 Å². The number of aromatic nitrogens is 2. The number of phenols is 1. The first-order valence-electron chi connectivity index (χ1n) is 11.9. The van der Waals surface area contributed by atoms with Crippen molar-refractivity contribution in [1.29, 1.82) is 0 Å². The fraction of sp³-hybridized carbons (Fsp3) is 0.385. The standard InChI is InChI=1S/C26H28F2N4O3/c1-34-23-7-5-6-17(24(23)33)15-31-13-10-21-19(16-31)25(35-22-9-8-18(27)14-20(22)28)30-26(29-21)32-11-3-2-4-12-32/h5-9,14,33H,2-4,10-13,15-16H2,1H3. The SMILES string of the molecule is COc1cccc(CN2CCc3nc(N4CCCCC4)nc(Oc4ccc(F)cc4F)c3C2)c1O. The molecule has 1 N–H and O–H groups in total. The molecule has 0 spiro atoms. The van der Waals surface area contributed by atoms with E-state index in [-0.39, 0.29) is 17.4 Å². The number of benzene rings is 2. The van der Waals surface area contributed by atoms with E-state index < -0.39 is 11.6 Å². The van der Waals surface area contributed by atoms with Crippen LogP contribution in [0, 0.1) is 11.6 Å². The Hall–Kier alpha value is -3.46. The Kier molecular flexibility index (Phi) is 6.68. The van der Waals surface area contributed by atoms with Crippen molar-refractivity contribution in [1.82, 2.24) is 14.9 Å². The lowest BCUT2D eigenvalue weighted by Crippen LogP contribution is -2.34. The highest BCUT2D eigenvalue weighted by molar-refractivity contribution is 5.46. The molecular weight excluding hydrogens is 454 g/mol. The van der Waals surface area contributed by atoms with Gasteiger partial charge in [0.05, 0.1) is 18.4 Å². The summed E-state index contributed by atoms with van der Waals surface area (Å²) in [5.41, 5.74) is 2.37. The van der Waals surface area contributed by atoms with Gasteiger partial charge in [0.15, 0.2) is 23.1 Å². The van der Waals surface area contributed by atoms with Crippen molar-refractivity contribution < 1.29 is 23.4 Å². The molecule has 1 fully saturated rings. The first kappa shape index (κ1) is 23.3. The molecule has 2 aliphatic heterocycles. The van der Waals surface area contributed by atoms with Crippen LogP contribution < -0.4 is 14.4 Å². The number of phenolic OH excluding ortho intramolecular Hbond substituents is 1. The zero-order valence-corrected chi connectivity index (χ0v) is 19.6. The number of anilines is 1. The molecule has 0 radical (unpaired) electrons. The monoisotopic (exact) mass is 482 g/mol. The van der Waals surface area contributed by atoms with Crippen molar-refractivity contribution in [3.8, 4) is 23.1 Å². The lowest BCUT2D eigenvalue weighted by molar-refractivity contribution is 0.234. The maximum atomic E-state index is 14.4. The molecule has 1 saturated heterocycles. The third-order valence-corrected chi connectivity index (χ3v) is 6.53. The Labute approximate surface area is 202 Å². The zero-order valence-electron chi connectivity index (χ0n) is 19.6. The minimum absolute atomic E-state index is 0.0838. The van der Waals surface area contributed by atoms with E-state index in [0.29, 0.717) is 31.2 Å². The molecule has 0 unspecified atom stereocenters. The van der Waals surface area contributed by atoms with Crippen molar-refractivity contribution in [2.75, 3.05) is 31.6 Å². The molecule has 5 rings (SSSR count). The number of nitrogens with zero attached hydrogens (tertiary/aromatic N) is 4. The van der Waals surface area contributed by atoms with Crippen LogP contribution in [-0.4, -0.2) is 46.7 Å². The van der Waals surface area contributed by atoms with Gasteiger partial charge in [-0.15, -0.1) is 0 Å². The predicted octanol–water partition coefficient (Wildman–Crippen LogP) is 4.81. The van der Waals surface area contributed by atoms with Crippen LogP contribution in [0.25, 0.3) is 0 Å². The Balaban J connectivity index is 1.47. The fourth-order valence-electron chi connectivity index (χ4n) is 4.65. The minimum atomic E-state index is -0.786. The van der Waals surface area contributed by atoms with Gasteiger partial charge in [-0.25, -0.2) is 13.8 Å². The zero-order chi connectivity index (χ0) is 24.4. The van der Waals surface area contributed by atoms with Gasteiger partial charge < -0.3 is 19.5 Å². The molecule has 0 bridgehead atoms. The van der Waals surface area contributed by atoms with Crippen molar-refractivity contribution in [2.45, 2.75) is 38.8 Å². The number of aromatic hydroxyl groups is 1. The number of rotatable bonds is 6. The number of piperidine rings is 1. The smallest absolute Gasteiger partial charge is 0.229 e. The van der Waals surface area contributed by atoms with Crippen LogP contribution in [0.2, 0.25) is 0 Å². The normalized spacial score (nSPS) is 16.1. The molecule has 3 aromatic rings. The molecule has 0 atom stereocenters. The Morgan fingerprint density at radius 3 is 2.60 bits per heavy atom. The van der Waals surface area contributed by atoms with E-state index in [4.69, 9.17) is 19.4 Å². The predicted molar refractivity (Wildman–Crippen MR) is 127 cm³/mol. The molecule has 184 valence electrons. The maximum absolute atomic E-state index is 14.4. The van der Waals surface area contributed by atoms with E-state index in [2.05, 4.69) is 9.80 Å². The highest BCUT2D eigenvalue weighted by Gasteiger charge is 2.27. The van der Waals surface area contributed by atoms with Crippen molar-refractivity contribution in [3.05, 3.63) is 64.9 Å². The fourth-order valence-corrected chi connectivity index (χ4v) is 4.65. The highest BCUT2D eigenvalue weighted by Crippen LogP contribution is 2.35. The van der Waals surface area contributed by atoms with Gasteiger partial charge >= 0.3 is 0 Å². The number of fused-ring (bicyclic) bond motifs is 1. The quantitative estimate of drug-likeness (QED) is 0.541. The second-order valence-corrected chi connectivity index (χ2v) is 8.91. The van der Waals surface area contributed by atoms with E-state index >= 15 is 0 Å². The van der Waals surface area contributed by atoms with Crippen molar-refractivity contribution >= 4 is 5.95 Å². The van der Waals surface area contributed by atoms with Crippen LogP contribution in [-0.2, 0) is 19.5 Å². The van der Waals surface area contributed by atoms with Crippen molar-refractivity contribution in [2.24, 2.45) is 0 Å². The molecular formula is C26H28F2N4O3. The van der Waals surface area contributed by atoms with E-state index in [0.717, 1.165) is 61.4 Å². The third-order valence-electron chi connectivity index (χ3n) is 6.53. The number of ether oxygens (including phenoxy) is 2. The largest absolute Gasteiger partial charge is 0.504 e. The van der Waals surface area contributed by atoms with Gasteiger partial charge in [0.25, 0.3) is 0 Å². The first-order valence-corrected chi connectivity index (χ1v) is 11.9. The molecule has 0 saturated carbocycles. The van der Waals surface area contributed by atoms with Crippen molar-refractivity contribution in [3.63, 3.8) is 0 Å². The number of hydrogen-bond acceptors (Lipinski definition) is 7. The van der Waals surface area contributed by atoms with Gasteiger partial charge in [-0.1, -0.05) is 12.1 Å². The average molecular weight is 483 g/mol. The molecule has 2 aromatic carbocycles. The molecule has 2 aliphatic rings. The number of halogens is 2. The molecule has 35 heavy (non-hydrogen) atoms. The van der Waals surface area contributed by atoms with Gasteiger partial charge in [0.2, 0.25) is 11.8 Å². The van der Waals surface area contributed by atoms with Crippen LogP contribution >= 0.6 is 0 Å². The van der Waals surface area contributed by atoms with Gasteiger partial charge in [0, 0.05) is 50.8 Å². The van der Waals surface area contributed by atoms with Crippen LogP contribution in [0.3, 0.4) is 0 Å². The maximum Gasteiger partial charge on any atom is 0.229 e. The van der Waals surface area contributed by atoms with Gasteiger partial charge in [-0.3, -0.25) is 4.90 Å². The minimum Gasteiger partial charge on any atom is -0.504 e. The summed E-state index contributed by atoms with van der Waals surface area (Å²) in [5, 5.41) is 10.5. The Morgan fingerprint density at radius 2 is 1.83 bits per heavy atom. The second-order valence-electron chi connectivity index (χ2n) is 8.91. The summed E-state index contributed by atoms with van der Waals surface area (Å²) in [4.78, 5) is 13.8. The van der Waals surface area contributed by atoms with Gasteiger partial charge in [0.1, 0.15) is 5.82 Å². The highest BCUT2D eigenvalue weighted by atomic mass is 19.1. The average Bonchev–Trinajstić information content (AvgIpc) is 2.87. The summed E-state index contributed by atoms with van der Waals surface area (Å²) in [5.74, 6) is -0.142. The van der Waals surface area contributed by atoms with E-state index in [9.17, 15) is 13.9 Å². The topological polar surface area (TPSA) is 71.0 Å². The molecule has 1 aromatic heterocycles. The Bertz CT molecular complexity index is 1220. The summed E-state index contributed by atoms with van der Waals surface area (Å²) in [7, 11) is 1.52. The molecule has 0 aliphatic carbocycles. The number of para-hydroxylation sites is 1. The lowest BCUT2D eigenvalue weighted by atomic mass is 10.0. The molecule has 9 heteroatoms. The number of hydrogen-bond donors (Lipinski definition) is 1. The molecule has 3 heterocycles. The third kappa shape index (κ3) is 5.00. The summed E-state index contributed by atoms with van der Waals surface area (Å²) in [6, 6.07) is 8.64. The molecule has 0 amide bonds. The summed E-state index contributed by atoms with van der Waals surface area (Å²) >= 11 is 0. The van der Waals surface area contributed by atoms with Crippen LogP contribution in [0.1, 0.15) is 36.1 Å². The Morgan fingerprint density at radius 1 is 1.00 bits per heavy atom. The summed E-state index contributed by atoms with van der Waals surface area (Å²) in [6.07, 6.45) is 3.98. The second kappa shape index (κ2) is 10.0. The summed E-state index contributed by atoms with van der Waals surface area (Å²) in [6.45, 7) is 3.41.